The van der Waals surface area contributed by atoms with Crippen molar-refractivity contribution in [2.24, 2.45) is 0 Å². The number of rotatable bonds is 0. The maximum Gasteiger partial charge on any atom is 0.189 e. The number of hydrogen-bond donors (Lipinski definition) is 2. The van der Waals surface area contributed by atoms with E-state index in [9.17, 15) is 0 Å². The Morgan fingerprint density at radius 3 is 0.900 bits per heavy atom. The summed E-state index contributed by atoms with van der Waals surface area (Å²) in [6.07, 6.45) is 13.4. The third-order valence-corrected chi connectivity index (χ3v) is 21.4. The molecular weight excluding hydrogens is 1770 g/mol. The highest BCUT2D eigenvalue weighted by atomic mass is 32.2. The molecule has 10 aromatic rings. The van der Waals surface area contributed by atoms with Gasteiger partial charge in [0.2, 0.25) is 0 Å². The first kappa shape index (κ1) is 152. The van der Waals surface area contributed by atoms with Crippen molar-refractivity contribution in [1.29, 1.82) is 0 Å². The highest BCUT2D eigenvalue weighted by Crippen LogP contribution is 2.32. The van der Waals surface area contributed by atoms with E-state index < -0.39 is 0 Å². The van der Waals surface area contributed by atoms with Gasteiger partial charge >= 0.3 is 0 Å². The molecule has 0 aliphatic carbocycles. The van der Waals surface area contributed by atoms with E-state index in [1.54, 1.807) is 27.8 Å². The van der Waals surface area contributed by atoms with Crippen LogP contribution in [0.3, 0.4) is 0 Å². The van der Waals surface area contributed by atoms with Crippen LogP contribution in [0.2, 0.25) is 0 Å². The molecule has 140 heavy (non-hydrogen) atoms. The van der Waals surface area contributed by atoms with Gasteiger partial charge in [-0.1, -0.05) is 483 Å². The van der Waals surface area contributed by atoms with Gasteiger partial charge in [0, 0.05) is 40.7 Å². The van der Waals surface area contributed by atoms with E-state index in [4.69, 9.17) is 33.2 Å². The average Bonchev–Trinajstić information content (AvgIpc) is 0.948. The first-order valence-corrected chi connectivity index (χ1v) is 59.2. The predicted molar refractivity (Wildman–Crippen MR) is 644 cm³/mol. The van der Waals surface area contributed by atoms with Crippen molar-refractivity contribution in [3.8, 4) is 23.0 Å². The molecule has 9 nitrogen and oxygen atoms in total. The molecule has 20 rings (SSSR count). The lowest BCUT2D eigenvalue weighted by molar-refractivity contribution is -0.0163. The monoisotopic (exact) mass is 1990 g/mol. The lowest BCUT2D eigenvalue weighted by Gasteiger charge is -2.17. The zero-order valence-corrected chi connectivity index (χ0v) is 100. The minimum absolute atomic E-state index is 0.386. The molecule has 0 unspecified atom stereocenters. The van der Waals surface area contributed by atoms with Gasteiger partial charge in [0.05, 0.1) is 39.6 Å². The molecule has 2 N–H and O–H groups in total. The van der Waals surface area contributed by atoms with E-state index in [1.165, 1.54) is 135 Å². The number of hydrogen-bond acceptors (Lipinski definition) is 12. The predicted octanol–water partition coefficient (Wildman–Crippen LogP) is 40.1. The summed E-state index contributed by atoms with van der Waals surface area (Å²) >= 11 is 6.06. The van der Waals surface area contributed by atoms with Gasteiger partial charge < -0.3 is 43.8 Å². The minimum Gasteiger partial charge on any atom is -0.493 e. The number of aryl methyl sites for hydroxylation is 5. The molecule has 10 aromatic carbocycles. The second-order valence-corrected chi connectivity index (χ2v) is 28.5. The summed E-state index contributed by atoms with van der Waals surface area (Å²) in [5.74, 6) is 10.1. The van der Waals surface area contributed by atoms with Crippen LogP contribution in [0.15, 0.2) is 248 Å². The van der Waals surface area contributed by atoms with Crippen LogP contribution in [0, 0.1) is 0 Å². The fourth-order valence-electron chi connectivity index (χ4n) is 12.7. The van der Waals surface area contributed by atoms with E-state index in [0.717, 1.165) is 100 Å². The third-order valence-electron chi connectivity index (χ3n) is 18.1. The molecular formula is C128H218N2O7S3. The fraction of sp³-hybridized carbons (Fsp3) is 0.531. The normalized spacial score (nSPS) is 12.3. The molecule has 0 amide bonds. The average molecular weight is 1990 g/mol. The molecule has 10 aliphatic heterocycles. The summed E-state index contributed by atoms with van der Waals surface area (Å²) in [6, 6.07) is 84.1. The van der Waals surface area contributed by atoms with Crippen molar-refractivity contribution >= 4 is 41.0 Å². The van der Waals surface area contributed by atoms with Gasteiger partial charge in [-0.2, -0.15) is 23.5 Å². The number of para-hydroxylation sites is 5. The van der Waals surface area contributed by atoms with Crippen LogP contribution in [0.4, 0.5) is 5.69 Å². The van der Waals surface area contributed by atoms with Crippen molar-refractivity contribution in [2.45, 2.75) is 390 Å². The van der Waals surface area contributed by atoms with Crippen LogP contribution in [0.5, 0.6) is 23.0 Å². The van der Waals surface area contributed by atoms with Crippen LogP contribution < -0.4 is 29.6 Å². The molecule has 0 radical (unpaired) electrons. The topological polar surface area (TPSA) is 88.7 Å². The molecule has 800 valence electrons. The number of nitrogens with one attached hydrogen (secondary N) is 2. The van der Waals surface area contributed by atoms with Gasteiger partial charge in [0.15, 0.2) is 18.3 Å². The number of thioether (sulfide) groups is 3. The van der Waals surface area contributed by atoms with Crippen molar-refractivity contribution < 1.29 is 33.2 Å². The SMILES string of the molecule is CC.CC.CC.CC.CC.CC.CC.CC.CC.CC.CC.CC.CC.CC.CC.CC.CC.CC.CC.CC.c1ccc2c(c1)CCCN2.c1ccc2c(c1)CCCO2.c1ccc2c(c1)CCCS2.c1ccc2c(c1)CCNC2.c1ccc2c(c1)CCOC2.c1ccc2c(c1)CCOC2.c1ccc2c(c1)CCSC2.c1ccc2c(c1)CCSC2.c1ccc2c(c1)COCO2.c1ccc2c(c1)OCCO2. The molecule has 0 atom stereocenters. The zero-order chi connectivity index (χ0) is 108. The largest absolute Gasteiger partial charge is 0.493 e. The van der Waals surface area contributed by atoms with E-state index in [1.807, 2.05) is 373 Å². The summed E-state index contributed by atoms with van der Waals surface area (Å²) in [5.41, 5.74) is 21.6. The number of benzene rings is 10. The Morgan fingerprint density at radius 2 is 0.514 bits per heavy atom. The van der Waals surface area contributed by atoms with Crippen LogP contribution in [0.1, 0.15) is 374 Å². The Morgan fingerprint density at radius 1 is 0.207 bits per heavy atom. The Bertz CT molecular complexity index is 2930. The summed E-state index contributed by atoms with van der Waals surface area (Å²) < 4.78 is 36.9. The van der Waals surface area contributed by atoms with Gasteiger partial charge in [0.25, 0.3) is 0 Å². The molecule has 10 aliphatic rings. The van der Waals surface area contributed by atoms with Gasteiger partial charge in [-0.25, -0.2) is 0 Å². The Labute approximate surface area is 882 Å². The fourth-order valence-corrected chi connectivity index (χ4v) is 15.7. The summed E-state index contributed by atoms with van der Waals surface area (Å²) in [5, 5.41) is 6.70. The zero-order valence-electron chi connectivity index (χ0n) is 98.0. The summed E-state index contributed by atoms with van der Waals surface area (Å²) in [7, 11) is 0. The molecule has 10 heterocycles. The van der Waals surface area contributed by atoms with Gasteiger partial charge in [-0.3, -0.25) is 0 Å². The van der Waals surface area contributed by atoms with Gasteiger partial charge in [0.1, 0.15) is 24.7 Å². The first-order chi connectivity index (χ1) is 69.7. The van der Waals surface area contributed by atoms with Crippen molar-refractivity contribution in [3.63, 3.8) is 0 Å². The highest BCUT2D eigenvalue weighted by Gasteiger charge is 2.14. The van der Waals surface area contributed by atoms with Crippen molar-refractivity contribution in [1.82, 2.24) is 5.32 Å². The van der Waals surface area contributed by atoms with Crippen LogP contribution >= 0.6 is 35.3 Å². The summed E-state index contributed by atoms with van der Waals surface area (Å²) in [6.45, 7) is 90.0. The molecule has 0 aromatic heterocycles. The van der Waals surface area contributed by atoms with E-state index in [2.05, 4.69) is 193 Å². The van der Waals surface area contributed by atoms with Crippen molar-refractivity contribution in [2.75, 3.05) is 75.5 Å². The standard InChI is InChI=1S/2C9H11N.3C9H10O.3C9H10S.2C8H8O2.20C2H6/c1-2-6-9-8(4-1)5-3-7-10-9;1-2-4-9-7-10-6-5-8(9)3-1;1-2-6-9-8(4-1)5-3-7-10-9;2*1-2-4-9-7-10-6-5-8(9)3-1;1-2-6-9-8(4-1)5-3-7-10-9;2*1-2-4-9-7-10-6-5-8(9)3-1;1-2-4-8-7(3-1)5-9-6-10-8;1-2-4-8-7(3-1)9-5-6-10-8;20*1-2/h1-2,4,6,10H,3,5,7H2;1-4,10H,5-7H2;1-2,4,6H,3,5,7H2;2*1-4H,5-7H2;1-2,4,6H,3,5,7H2;2*1-4H,5-7H2;2*1-4H,5-6H2;20*1-2H3. The van der Waals surface area contributed by atoms with Gasteiger partial charge in [-0.05, 0) is 203 Å². The molecule has 12 heteroatoms. The minimum atomic E-state index is 0.386. The maximum atomic E-state index is 5.42. The second kappa shape index (κ2) is 127. The summed E-state index contributed by atoms with van der Waals surface area (Å²) in [4.78, 5) is 1.49. The number of ether oxygens (including phenoxy) is 7. The van der Waals surface area contributed by atoms with Crippen LogP contribution in [-0.4, -0.2) is 70.2 Å². The lowest BCUT2D eigenvalue weighted by Crippen LogP contribution is -2.23. The molecule has 0 fully saturated rings. The first-order valence-electron chi connectivity index (χ1n) is 55.9. The quantitative estimate of drug-likeness (QED) is 0.152. The number of anilines is 1. The van der Waals surface area contributed by atoms with E-state index >= 15 is 0 Å². The van der Waals surface area contributed by atoms with Crippen LogP contribution in [0.25, 0.3) is 0 Å². The van der Waals surface area contributed by atoms with Gasteiger partial charge in [-0.15, -0.1) is 11.8 Å². The lowest BCUT2D eigenvalue weighted by atomic mass is 10.0. The Kier molecular flexibility index (Phi) is 138. The Balaban J connectivity index is -0.000000161. The van der Waals surface area contributed by atoms with Crippen LogP contribution in [-0.2, 0) is 103 Å². The van der Waals surface area contributed by atoms with Crippen molar-refractivity contribution in [3.05, 3.63) is 321 Å². The Hall–Kier alpha value is -7.91. The molecule has 0 bridgehead atoms. The number of fused-ring (bicyclic) bond motifs is 10. The molecule has 0 spiro atoms. The second-order valence-electron chi connectivity index (χ2n) is 25.1. The third kappa shape index (κ3) is 73.2. The molecule has 0 saturated heterocycles. The van der Waals surface area contributed by atoms with E-state index in [-0.39, 0.29) is 0 Å². The van der Waals surface area contributed by atoms with E-state index in [0.29, 0.717) is 26.6 Å². The molecule has 0 saturated carbocycles. The highest BCUT2D eigenvalue weighted by molar-refractivity contribution is 7.99. The maximum absolute atomic E-state index is 5.42. The smallest absolute Gasteiger partial charge is 0.189 e.